The maximum absolute atomic E-state index is 10.5. The number of likely N-dealkylation sites (tertiary alicyclic amines) is 1. The monoisotopic (exact) mass is 639 g/mol. The number of rotatable bonds is 3. The number of nitriles is 2. The Labute approximate surface area is 279 Å². The smallest absolute Gasteiger partial charge is 0.164 e. The number of nitrogens with one attached hydrogen (secondary N) is 1. The minimum atomic E-state index is -1.33. The van der Waals surface area contributed by atoms with Gasteiger partial charge < -0.3 is 5.32 Å². The van der Waals surface area contributed by atoms with Gasteiger partial charge in [-0.25, -0.2) is 5.26 Å². The molecule has 4 saturated carbocycles. The third kappa shape index (κ3) is 14.2. The largest absolute Gasteiger partial charge is 0.317 e. The van der Waals surface area contributed by atoms with Gasteiger partial charge in [-0.3, -0.25) is 9.69 Å². The zero-order chi connectivity index (χ0) is 32.4. The maximum atomic E-state index is 10.5. The van der Waals surface area contributed by atoms with E-state index in [2.05, 4.69) is 22.0 Å². The Morgan fingerprint density at radius 3 is 1.42 bits per heavy atom. The summed E-state index contributed by atoms with van der Waals surface area (Å²) in [4.78, 5) is 13.0. The molecule has 256 valence electrons. The molecule has 1 N–H and O–H groups in total. The predicted octanol–water partition coefficient (Wildman–Crippen LogP) is 9.98. The Bertz CT molecular complexity index is 861. The molecule has 0 aromatic carbocycles. The van der Waals surface area contributed by atoms with Crippen LogP contribution in [0.5, 0.6) is 0 Å². The first kappa shape index (κ1) is 38.2. The van der Waals surface area contributed by atoms with Crippen LogP contribution in [0.15, 0.2) is 0 Å². The summed E-state index contributed by atoms with van der Waals surface area (Å²) >= 11 is 0. The lowest BCUT2D eigenvalue weighted by atomic mass is 9.74. The average molecular weight is 639 g/mol. The van der Waals surface area contributed by atoms with Crippen molar-refractivity contribution in [2.24, 2.45) is 23.7 Å². The maximum Gasteiger partial charge on any atom is 0.164 e. The Hall–Kier alpha value is -1.21. The SMILES string of the molecule is C1CCC(C2CCNCC2)CC1.C[Si](C)(C)C#N.N#CC1(N2CCC(C3CCCCC3)CC2)CCCCC1.O=C1CCCCC1. The topological polar surface area (TPSA) is 79.9 Å². The lowest BCUT2D eigenvalue weighted by Crippen LogP contribution is -2.52. The minimum Gasteiger partial charge on any atom is -0.317 e. The summed E-state index contributed by atoms with van der Waals surface area (Å²) in [6.07, 6.45) is 31.9. The van der Waals surface area contributed by atoms with Crippen LogP contribution in [0.3, 0.4) is 0 Å². The van der Waals surface area contributed by atoms with Crippen LogP contribution in [0, 0.1) is 46.0 Å². The van der Waals surface area contributed by atoms with Gasteiger partial charge in [-0.15, -0.1) is 0 Å². The highest BCUT2D eigenvalue weighted by molar-refractivity contribution is 6.83. The van der Waals surface area contributed by atoms with Gasteiger partial charge in [0.15, 0.2) is 8.07 Å². The second kappa shape index (κ2) is 20.9. The Balaban J connectivity index is 0.000000186. The molecule has 0 unspecified atom stereocenters. The first-order valence-electron chi connectivity index (χ1n) is 19.6. The second-order valence-electron chi connectivity index (χ2n) is 16.4. The molecule has 45 heavy (non-hydrogen) atoms. The molecule has 2 heterocycles. The van der Waals surface area contributed by atoms with Crippen molar-refractivity contribution in [3.05, 3.63) is 0 Å². The number of hydrogen-bond acceptors (Lipinski definition) is 5. The van der Waals surface area contributed by atoms with Crippen molar-refractivity contribution in [1.29, 1.82) is 10.5 Å². The van der Waals surface area contributed by atoms with E-state index in [-0.39, 0.29) is 5.54 Å². The van der Waals surface area contributed by atoms with Gasteiger partial charge >= 0.3 is 0 Å². The van der Waals surface area contributed by atoms with Gasteiger partial charge in [0, 0.05) is 18.5 Å². The Morgan fingerprint density at radius 1 is 0.622 bits per heavy atom. The quantitative estimate of drug-likeness (QED) is 0.311. The van der Waals surface area contributed by atoms with Crippen molar-refractivity contribution in [2.75, 3.05) is 26.2 Å². The zero-order valence-corrected chi connectivity index (χ0v) is 30.9. The van der Waals surface area contributed by atoms with Crippen LogP contribution in [0.4, 0.5) is 0 Å². The van der Waals surface area contributed by atoms with Crippen LogP contribution in [0.25, 0.3) is 0 Å². The fourth-order valence-corrected chi connectivity index (χ4v) is 8.91. The number of hydrogen-bond donors (Lipinski definition) is 1. The zero-order valence-electron chi connectivity index (χ0n) is 29.9. The van der Waals surface area contributed by atoms with Crippen LogP contribution in [0.1, 0.15) is 154 Å². The molecule has 0 radical (unpaired) electrons. The van der Waals surface area contributed by atoms with E-state index < -0.39 is 8.07 Å². The summed E-state index contributed by atoms with van der Waals surface area (Å²) in [5.74, 6) is 4.61. The standard InChI is InChI=1S/C18H30N2.C11H21N.C6H10O.C4H9NSi/c19-15-18(11-5-2-6-12-18)20-13-9-17(10-14-20)16-7-3-1-4-8-16;1-2-4-10(5-3-1)11-6-8-12-9-7-11;7-6-4-2-1-3-5-6;1-6(2,3)4-5/h16-17H,1-14H2;10-12H,1-9H2;1-5H2;1-3H3. The van der Waals surface area contributed by atoms with Crippen molar-refractivity contribution in [1.82, 2.24) is 10.2 Å². The van der Waals surface area contributed by atoms with E-state index in [9.17, 15) is 10.1 Å². The minimum absolute atomic E-state index is 0.0875. The summed E-state index contributed by atoms with van der Waals surface area (Å²) in [5.41, 5.74) is 2.16. The van der Waals surface area contributed by atoms with Crippen LogP contribution < -0.4 is 5.32 Å². The van der Waals surface area contributed by atoms with Crippen molar-refractivity contribution in [2.45, 2.75) is 179 Å². The summed E-state index contributed by atoms with van der Waals surface area (Å²) < 4.78 is 0. The summed E-state index contributed by atoms with van der Waals surface area (Å²) in [7, 11) is -1.33. The lowest BCUT2D eigenvalue weighted by Gasteiger charge is -2.46. The Kier molecular flexibility index (Phi) is 17.8. The van der Waals surface area contributed by atoms with E-state index in [1.807, 2.05) is 19.6 Å². The Morgan fingerprint density at radius 2 is 1.02 bits per heavy atom. The molecule has 0 spiro atoms. The molecule has 0 bridgehead atoms. The van der Waals surface area contributed by atoms with E-state index >= 15 is 0 Å². The van der Waals surface area contributed by atoms with Crippen LogP contribution in [-0.2, 0) is 4.79 Å². The van der Waals surface area contributed by atoms with Gasteiger partial charge in [0.05, 0.1) is 6.07 Å². The average Bonchev–Trinajstić information content (AvgIpc) is 3.11. The van der Waals surface area contributed by atoms with Gasteiger partial charge in [-0.2, -0.15) is 5.26 Å². The number of ketones is 1. The first-order valence-corrected chi connectivity index (χ1v) is 23.1. The molecule has 6 aliphatic rings. The number of carbonyl (C=O) groups is 1. The molecule has 0 atom stereocenters. The predicted molar refractivity (Wildman–Crippen MR) is 192 cm³/mol. The van der Waals surface area contributed by atoms with Gasteiger partial charge in [-0.05, 0) is 101 Å². The van der Waals surface area contributed by atoms with Crippen LogP contribution in [-0.4, -0.2) is 50.5 Å². The molecule has 0 amide bonds. The number of Topliss-reactive ketones (excluding diaryl/α,β-unsaturated/α-hetero) is 1. The molecule has 0 aromatic rings. The highest BCUT2D eigenvalue weighted by Gasteiger charge is 2.40. The molecule has 6 rings (SSSR count). The van der Waals surface area contributed by atoms with E-state index in [0.29, 0.717) is 5.78 Å². The molecule has 2 aliphatic heterocycles. The second-order valence-corrected chi connectivity index (χ2v) is 21.1. The lowest BCUT2D eigenvalue weighted by molar-refractivity contribution is -0.120. The number of piperidine rings is 2. The van der Waals surface area contributed by atoms with Crippen molar-refractivity contribution in [3.8, 4) is 11.8 Å². The fourth-order valence-electron chi connectivity index (χ4n) is 8.91. The van der Waals surface area contributed by atoms with E-state index in [1.165, 1.54) is 142 Å². The third-order valence-corrected chi connectivity index (χ3v) is 12.5. The van der Waals surface area contributed by atoms with Crippen molar-refractivity contribution >= 4 is 13.9 Å². The summed E-state index contributed by atoms with van der Waals surface area (Å²) in [5, 5.41) is 21.4. The first-order chi connectivity index (χ1) is 21.8. The molecule has 2 saturated heterocycles. The molecule has 0 aromatic heterocycles. The normalized spacial score (nSPS) is 25.9. The molecular formula is C39H70N4OSi. The van der Waals surface area contributed by atoms with Crippen molar-refractivity contribution in [3.63, 3.8) is 0 Å². The highest BCUT2D eigenvalue weighted by Crippen LogP contribution is 2.40. The summed E-state index contributed by atoms with van der Waals surface area (Å²) in [6, 6.07) is 2.71. The summed E-state index contributed by atoms with van der Waals surface area (Å²) in [6.45, 7) is 11.0. The molecule has 5 nitrogen and oxygen atoms in total. The number of nitrogens with zero attached hydrogens (tertiary/aromatic N) is 3. The molecule has 6 heteroatoms. The highest BCUT2D eigenvalue weighted by atomic mass is 28.3. The van der Waals surface area contributed by atoms with Gasteiger partial charge in [-0.1, -0.05) is 110 Å². The van der Waals surface area contributed by atoms with Gasteiger partial charge in [0.1, 0.15) is 11.3 Å². The fraction of sp³-hybridized carbons (Fsp3) is 0.923. The molecule has 4 aliphatic carbocycles. The third-order valence-electron chi connectivity index (χ3n) is 11.8. The van der Waals surface area contributed by atoms with Crippen LogP contribution >= 0.6 is 0 Å². The van der Waals surface area contributed by atoms with Crippen LogP contribution in [0.2, 0.25) is 19.6 Å². The van der Waals surface area contributed by atoms with Gasteiger partial charge in [0.2, 0.25) is 0 Å². The molecule has 6 fully saturated rings. The van der Waals surface area contributed by atoms with Crippen molar-refractivity contribution < 1.29 is 4.79 Å². The van der Waals surface area contributed by atoms with E-state index in [4.69, 9.17) is 5.26 Å². The van der Waals surface area contributed by atoms with E-state index in [0.717, 1.165) is 62.2 Å². The molecular weight excluding hydrogens is 569 g/mol. The van der Waals surface area contributed by atoms with Gasteiger partial charge in [0.25, 0.3) is 0 Å². The number of carbonyl (C=O) groups excluding carboxylic acids is 1. The van der Waals surface area contributed by atoms with E-state index in [1.54, 1.807) is 0 Å².